The van der Waals surface area contributed by atoms with Gasteiger partial charge in [0.2, 0.25) is 0 Å². The first-order valence-electron chi connectivity index (χ1n) is 3.79. The summed E-state index contributed by atoms with van der Waals surface area (Å²) in [6.45, 7) is -0.225. The smallest absolute Gasteiger partial charge is 0.748 e. The van der Waals surface area contributed by atoms with E-state index in [9.17, 15) is 17.4 Å². The Kier molecular flexibility index (Phi) is 6.38. The van der Waals surface area contributed by atoms with E-state index < -0.39 is 21.7 Å². The van der Waals surface area contributed by atoms with E-state index in [1.165, 1.54) is 24.3 Å². The van der Waals surface area contributed by atoms with Gasteiger partial charge in [0, 0.05) is 0 Å². The average Bonchev–Trinajstić information content (AvgIpc) is 2.06. The van der Waals surface area contributed by atoms with Crippen LogP contribution >= 0.6 is 0 Å². The molecular formula is C8H8FNaO4S. The molecule has 1 rings (SSSR count). The Morgan fingerprint density at radius 1 is 1.27 bits per heavy atom. The molecule has 0 fully saturated rings. The zero-order valence-electron chi connectivity index (χ0n) is 8.14. The quantitative estimate of drug-likeness (QED) is 0.442. The van der Waals surface area contributed by atoms with E-state index in [0.29, 0.717) is 5.75 Å². The molecule has 0 bridgehead atoms. The zero-order chi connectivity index (χ0) is 10.6. The summed E-state index contributed by atoms with van der Waals surface area (Å²) in [6.07, 6.45) is 0. The van der Waals surface area contributed by atoms with Crippen LogP contribution in [0.1, 0.15) is 0 Å². The molecule has 0 atom stereocenters. The van der Waals surface area contributed by atoms with Gasteiger partial charge in [-0.25, -0.2) is 12.8 Å². The van der Waals surface area contributed by atoms with Crippen molar-refractivity contribution in [1.82, 2.24) is 0 Å². The molecule has 1 aromatic carbocycles. The summed E-state index contributed by atoms with van der Waals surface area (Å²) in [6, 6.07) is 5.07. The Balaban J connectivity index is 0.00000196. The van der Waals surface area contributed by atoms with Gasteiger partial charge >= 0.3 is 29.6 Å². The van der Waals surface area contributed by atoms with Crippen molar-refractivity contribution in [2.24, 2.45) is 0 Å². The van der Waals surface area contributed by atoms with Gasteiger partial charge in [-0.05, 0) is 24.3 Å². The first kappa shape index (κ1) is 14.9. The van der Waals surface area contributed by atoms with Crippen LogP contribution in [0.5, 0.6) is 5.75 Å². The molecule has 0 aliphatic rings. The van der Waals surface area contributed by atoms with E-state index in [1.807, 2.05) is 0 Å². The Bertz CT molecular complexity index is 390. The molecular weight excluding hydrogens is 234 g/mol. The summed E-state index contributed by atoms with van der Waals surface area (Å²) in [4.78, 5) is 0. The number of ether oxygens (including phenoxy) is 1. The average molecular weight is 242 g/mol. The fourth-order valence-corrected chi connectivity index (χ4v) is 1.08. The molecule has 0 N–H and O–H groups in total. The summed E-state index contributed by atoms with van der Waals surface area (Å²) in [7, 11) is -4.25. The fourth-order valence-electron chi connectivity index (χ4n) is 0.792. The van der Waals surface area contributed by atoms with Gasteiger partial charge in [0.15, 0.2) is 0 Å². The number of hydrogen-bond donors (Lipinski definition) is 0. The van der Waals surface area contributed by atoms with Gasteiger partial charge in [-0.2, -0.15) is 0 Å². The minimum atomic E-state index is -4.25. The third-order valence-electron chi connectivity index (χ3n) is 1.42. The SMILES string of the molecule is O=S(=O)([O-])CCOc1ccc(F)cc1.[Na+]. The molecule has 0 saturated carbocycles. The molecule has 0 spiro atoms. The molecule has 0 aromatic heterocycles. The molecule has 0 aliphatic carbocycles. The van der Waals surface area contributed by atoms with Crippen LogP contribution in [-0.4, -0.2) is 25.3 Å². The summed E-state index contributed by atoms with van der Waals surface area (Å²) < 4.78 is 47.8. The summed E-state index contributed by atoms with van der Waals surface area (Å²) in [5, 5.41) is 0. The minimum Gasteiger partial charge on any atom is -0.748 e. The van der Waals surface area contributed by atoms with Crippen molar-refractivity contribution >= 4 is 10.1 Å². The topological polar surface area (TPSA) is 66.4 Å². The van der Waals surface area contributed by atoms with Gasteiger partial charge in [-0.3, -0.25) is 0 Å². The van der Waals surface area contributed by atoms with Crippen molar-refractivity contribution in [3.63, 3.8) is 0 Å². The van der Waals surface area contributed by atoms with Gasteiger partial charge in [0.05, 0.1) is 15.9 Å². The van der Waals surface area contributed by atoms with Crippen LogP contribution in [0.3, 0.4) is 0 Å². The van der Waals surface area contributed by atoms with Crippen LogP contribution in [0.2, 0.25) is 0 Å². The normalized spacial score (nSPS) is 10.5. The number of benzene rings is 1. The standard InChI is InChI=1S/C8H9FO4S.Na/c9-7-1-3-8(4-2-7)13-5-6-14(10,11)12;/h1-4H,5-6H2,(H,10,11,12);/q;+1/p-1. The molecule has 0 saturated heterocycles. The number of hydrogen-bond acceptors (Lipinski definition) is 4. The summed E-state index contributed by atoms with van der Waals surface area (Å²) >= 11 is 0. The van der Waals surface area contributed by atoms with Crippen LogP contribution in [-0.2, 0) is 10.1 Å². The Hall–Kier alpha value is -0.140. The van der Waals surface area contributed by atoms with E-state index in [4.69, 9.17) is 4.74 Å². The van der Waals surface area contributed by atoms with Crippen molar-refractivity contribution in [1.29, 1.82) is 0 Å². The maximum Gasteiger partial charge on any atom is 1.00 e. The monoisotopic (exact) mass is 242 g/mol. The first-order chi connectivity index (χ1) is 6.47. The fraction of sp³-hybridized carbons (Fsp3) is 0.250. The Morgan fingerprint density at radius 2 is 1.80 bits per heavy atom. The second-order valence-corrected chi connectivity index (χ2v) is 4.09. The largest absolute Gasteiger partial charge is 1.00 e. The second kappa shape index (κ2) is 6.44. The zero-order valence-corrected chi connectivity index (χ0v) is 11.0. The van der Waals surface area contributed by atoms with Crippen LogP contribution in [0.25, 0.3) is 0 Å². The predicted octanol–water partition coefficient (Wildman–Crippen LogP) is -2.25. The molecule has 1 aromatic rings. The maximum absolute atomic E-state index is 12.4. The molecule has 15 heavy (non-hydrogen) atoms. The summed E-state index contributed by atoms with van der Waals surface area (Å²) in [5.41, 5.74) is 0. The molecule has 7 heteroatoms. The van der Waals surface area contributed by atoms with E-state index in [0.717, 1.165) is 0 Å². The van der Waals surface area contributed by atoms with Gasteiger partial charge in [-0.1, -0.05) is 0 Å². The Morgan fingerprint density at radius 3 is 2.27 bits per heavy atom. The predicted molar refractivity (Wildman–Crippen MR) is 46.5 cm³/mol. The van der Waals surface area contributed by atoms with E-state index in [1.54, 1.807) is 0 Å². The number of rotatable bonds is 4. The van der Waals surface area contributed by atoms with Crippen LogP contribution in [0.15, 0.2) is 24.3 Å². The van der Waals surface area contributed by atoms with Gasteiger partial charge in [0.1, 0.15) is 18.2 Å². The minimum absolute atomic E-state index is 0. The van der Waals surface area contributed by atoms with Crippen molar-refractivity contribution < 1.29 is 51.7 Å². The van der Waals surface area contributed by atoms with Crippen molar-refractivity contribution in [2.75, 3.05) is 12.4 Å². The van der Waals surface area contributed by atoms with Crippen molar-refractivity contribution in [3.05, 3.63) is 30.1 Å². The number of halogens is 1. The van der Waals surface area contributed by atoms with E-state index >= 15 is 0 Å². The van der Waals surface area contributed by atoms with Crippen LogP contribution in [0.4, 0.5) is 4.39 Å². The van der Waals surface area contributed by atoms with Crippen molar-refractivity contribution in [3.8, 4) is 5.75 Å². The third-order valence-corrected chi connectivity index (χ3v) is 2.08. The van der Waals surface area contributed by atoms with E-state index in [-0.39, 0.29) is 36.2 Å². The molecule has 4 nitrogen and oxygen atoms in total. The van der Waals surface area contributed by atoms with Crippen molar-refractivity contribution in [2.45, 2.75) is 0 Å². The van der Waals surface area contributed by atoms with Gasteiger partial charge in [0.25, 0.3) is 0 Å². The van der Waals surface area contributed by atoms with Gasteiger partial charge < -0.3 is 9.29 Å². The molecule has 0 unspecified atom stereocenters. The first-order valence-corrected chi connectivity index (χ1v) is 5.37. The molecule has 0 amide bonds. The summed E-state index contributed by atoms with van der Waals surface area (Å²) in [5.74, 6) is -0.673. The van der Waals surface area contributed by atoms with Crippen LogP contribution in [0, 0.1) is 5.82 Å². The molecule has 0 aliphatic heterocycles. The maximum atomic E-state index is 12.4. The van der Waals surface area contributed by atoms with E-state index in [2.05, 4.69) is 0 Å². The Labute approximate surface area is 109 Å². The third kappa shape index (κ3) is 6.86. The molecule has 0 radical (unpaired) electrons. The second-order valence-electron chi connectivity index (χ2n) is 2.56. The van der Waals surface area contributed by atoms with Gasteiger partial charge in [-0.15, -0.1) is 0 Å². The molecule has 0 heterocycles. The molecule has 78 valence electrons. The van der Waals surface area contributed by atoms with Crippen LogP contribution < -0.4 is 34.3 Å².